The molecule has 1 aromatic carbocycles. The average molecular weight is 367 g/mol. The van der Waals surface area contributed by atoms with E-state index < -0.39 is 10.0 Å². The molecule has 3 aromatic rings. The maximum atomic E-state index is 13.1. The fraction of sp³-hybridized carbons (Fsp3) is 0.263. The Morgan fingerprint density at radius 3 is 2.92 bits per heavy atom. The summed E-state index contributed by atoms with van der Waals surface area (Å²) in [4.78, 5) is 9.22. The van der Waals surface area contributed by atoms with Crippen molar-refractivity contribution in [2.45, 2.75) is 24.3 Å². The predicted octanol–water partition coefficient (Wildman–Crippen LogP) is 2.31. The summed E-state index contributed by atoms with van der Waals surface area (Å²) >= 11 is 0. The Balaban J connectivity index is 1.50. The third kappa shape index (κ3) is 2.47. The number of sulfonamides is 1. The molecule has 2 aliphatic rings. The summed E-state index contributed by atoms with van der Waals surface area (Å²) < 4.78 is 33.2. The normalized spacial score (nSPS) is 16.9. The number of hydrogen-bond acceptors (Lipinski definition) is 5. The molecule has 7 heteroatoms. The lowest BCUT2D eigenvalue weighted by Gasteiger charge is -2.27. The Hall–Kier alpha value is -2.51. The third-order valence-electron chi connectivity index (χ3n) is 5.00. The van der Waals surface area contributed by atoms with Crippen LogP contribution in [0.2, 0.25) is 0 Å². The van der Waals surface area contributed by atoms with Gasteiger partial charge in [0, 0.05) is 43.2 Å². The molecule has 132 valence electrons. The van der Waals surface area contributed by atoms with Crippen molar-refractivity contribution in [3.8, 4) is 5.75 Å². The monoisotopic (exact) mass is 367 g/mol. The smallest absolute Gasteiger partial charge is 0.243 e. The fourth-order valence-corrected chi connectivity index (χ4v) is 5.09. The van der Waals surface area contributed by atoms with Gasteiger partial charge in [-0.05, 0) is 47.5 Å². The number of nitrogens with zero attached hydrogens (tertiary/aromatic N) is 3. The van der Waals surface area contributed by atoms with E-state index in [1.165, 1.54) is 4.31 Å². The number of pyridine rings is 2. The molecule has 2 aromatic heterocycles. The molecule has 6 nitrogen and oxygen atoms in total. The van der Waals surface area contributed by atoms with Gasteiger partial charge in [-0.15, -0.1) is 0 Å². The van der Waals surface area contributed by atoms with Crippen LogP contribution in [-0.4, -0.2) is 35.8 Å². The minimum atomic E-state index is -3.55. The largest absolute Gasteiger partial charge is 0.493 e. The van der Waals surface area contributed by atoms with Crippen LogP contribution in [0, 0.1) is 0 Å². The van der Waals surface area contributed by atoms with E-state index in [2.05, 4.69) is 9.97 Å². The van der Waals surface area contributed by atoms with Crippen molar-refractivity contribution in [1.29, 1.82) is 0 Å². The van der Waals surface area contributed by atoms with E-state index in [1.807, 2.05) is 18.2 Å². The van der Waals surface area contributed by atoms with Gasteiger partial charge in [-0.2, -0.15) is 4.31 Å². The highest BCUT2D eigenvalue weighted by molar-refractivity contribution is 7.89. The van der Waals surface area contributed by atoms with Crippen LogP contribution in [0.1, 0.15) is 16.8 Å². The van der Waals surface area contributed by atoms with E-state index in [1.54, 1.807) is 24.4 Å². The second-order valence-corrected chi connectivity index (χ2v) is 8.54. The molecule has 0 fully saturated rings. The van der Waals surface area contributed by atoms with Crippen molar-refractivity contribution in [2.75, 3.05) is 13.2 Å². The van der Waals surface area contributed by atoms with Gasteiger partial charge in [-0.1, -0.05) is 0 Å². The summed E-state index contributed by atoms with van der Waals surface area (Å²) in [5.41, 5.74) is 3.55. The van der Waals surface area contributed by atoms with Crippen LogP contribution in [0.4, 0.5) is 0 Å². The molecule has 0 spiro atoms. The Morgan fingerprint density at radius 1 is 1.08 bits per heavy atom. The topological polar surface area (TPSA) is 72.4 Å². The van der Waals surface area contributed by atoms with E-state index in [4.69, 9.17) is 4.74 Å². The van der Waals surface area contributed by atoms with E-state index in [0.29, 0.717) is 36.7 Å². The summed E-state index contributed by atoms with van der Waals surface area (Å²) in [6.45, 7) is 1.38. The summed E-state index contributed by atoms with van der Waals surface area (Å²) in [6.07, 6.45) is 3.07. The Labute approximate surface area is 151 Å². The number of ether oxygens (including phenoxy) is 1. The lowest BCUT2D eigenvalue weighted by atomic mass is 10.1. The molecule has 2 aliphatic heterocycles. The standard InChI is InChI=1S/C19H17N3O3S/c23-26(24,16-3-4-18-13(11-16)6-9-25-18)22-8-5-17-15(12-22)10-14-2-1-7-20-19(14)21-17/h1-4,7,10-11H,5-6,8-9,12H2. The predicted molar refractivity (Wildman–Crippen MR) is 96.5 cm³/mol. The van der Waals surface area contributed by atoms with Crippen LogP contribution >= 0.6 is 0 Å². The fourth-order valence-electron chi connectivity index (χ4n) is 3.62. The van der Waals surface area contributed by atoms with Crippen LogP contribution < -0.4 is 4.74 Å². The molecule has 5 rings (SSSR count). The molecule has 0 saturated carbocycles. The van der Waals surface area contributed by atoms with Gasteiger partial charge in [0.25, 0.3) is 0 Å². The number of rotatable bonds is 2. The summed E-state index contributed by atoms with van der Waals surface area (Å²) in [6, 6.07) is 11.0. The summed E-state index contributed by atoms with van der Waals surface area (Å²) in [5, 5.41) is 0.931. The number of aromatic nitrogens is 2. The first-order valence-corrected chi connectivity index (χ1v) is 10.0. The SMILES string of the molecule is O=S(=O)(c1ccc2c(c1)CCO2)N1CCc2nc3ncccc3cc2C1. The first-order valence-electron chi connectivity index (χ1n) is 8.61. The zero-order valence-corrected chi connectivity index (χ0v) is 14.9. The molecule has 4 heterocycles. The molecule has 0 N–H and O–H groups in total. The van der Waals surface area contributed by atoms with Gasteiger partial charge in [0.2, 0.25) is 10.0 Å². The van der Waals surface area contributed by atoms with Gasteiger partial charge in [0.15, 0.2) is 5.65 Å². The molecular weight excluding hydrogens is 350 g/mol. The maximum Gasteiger partial charge on any atom is 0.243 e. The summed E-state index contributed by atoms with van der Waals surface area (Å²) in [7, 11) is -3.55. The van der Waals surface area contributed by atoms with Crippen LogP contribution in [0.3, 0.4) is 0 Å². The average Bonchev–Trinajstić information content (AvgIpc) is 3.13. The first-order chi connectivity index (χ1) is 12.6. The second-order valence-electron chi connectivity index (χ2n) is 6.60. The zero-order valence-electron chi connectivity index (χ0n) is 14.1. The van der Waals surface area contributed by atoms with Gasteiger partial charge in [-0.3, -0.25) is 0 Å². The van der Waals surface area contributed by atoms with Crippen molar-refractivity contribution in [2.24, 2.45) is 0 Å². The minimum absolute atomic E-state index is 0.334. The molecule has 0 amide bonds. The van der Waals surface area contributed by atoms with Crippen LogP contribution in [0.15, 0.2) is 47.5 Å². The quantitative estimate of drug-likeness (QED) is 0.695. The highest BCUT2D eigenvalue weighted by Crippen LogP contribution is 2.31. The van der Waals surface area contributed by atoms with E-state index >= 15 is 0 Å². The molecule has 0 atom stereocenters. The van der Waals surface area contributed by atoms with Gasteiger partial charge >= 0.3 is 0 Å². The van der Waals surface area contributed by atoms with Crippen molar-refractivity contribution in [3.05, 3.63) is 59.4 Å². The van der Waals surface area contributed by atoms with Gasteiger partial charge in [-0.25, -0.2) is 18.4 Å². The van der Waals surface area contributed by atoms with Gasteiger partial charge < -0.3 is 4.74 Å². The second kappa shape index (κ2) is 5.75. The van der Waals surface area contributed by atoms with Gasteiger partial charge in [0.05, 0.1) is 11.5 Å². The lowest BCUT2D eigenvalue weighted by molar-refractivity contribution is 0.356. The van der Waals surface area contributed by atoms with Crippen LogP contribution in [-0.2, 0) is 29.4 Å². The lowest BCUT2D eigenvalue weighted by Crippen LogP contribution is -2.36. The minimum Gasteiger partial charge on any atom is -0.493 e. The van der Waals surface area contributed by atoms with E-state index in [0.717, 1.165) is 34.4 Å². The third-order valence-corrected chi connectivity index (χ3v) is 6.84. The first kappa shape index (κ1) is 15.7. The van der Waals surface area contributed by atoms with Gasteiger partial charge in [0.1, 0.15) is 5.75 Å². The Kier molecular flexibility index (Phi) is 3.48. The molecule has 0 aliphatic carbocycles. The van der Waals surface area contributed by atoms with Crippen LogP contribution in [0.25, 0.3) is 11.0 Å². The zero-order chi connectivity index (χ0) is 17.7. The van der Waals surface area contributed by atoms with Crippen molar-refractivity contribution in [1.82, 2.24) is 14.3 Å². The summed E-state index contributed by atoms with van der Waals surface area (Å²) in [5.74, 6) is 0.788. The molecule has 26 heavy (non-hydrogen) atoms. The molecule has 0 unspecified atom stereocenters. The molecule has 0 radical (unpaired) electrons. The number of hydrogen-bond donors (Lipinski definition) is 0. The molecular formula is C19H17N3O3S. The van der Waals surface area contributed by atoms with Crippen molar-refractivity contribution < 1.29 is 13.2 Å². The Morgan fingerprint density at radius 2 is 2.00 bits per heavy atom. The highest BCUT2D eigenvalue weighted by Gasteiger charge is 2.30. The molecule has 0 saturated heterocycles. The van der Waals surface area contributed by atoms with Crippen LogP contribution in [0.5, 0.6) is 5.75 Å². The van der Waals surface area contributed by atoms with Crippen molar-refractivity contribution >= 4 is 21.1 Å². The van der Waals surface area contributed by atoms with Crippen molar-refractivity contribution in [3.63, 3.8) is 0 Å². The molecule has 0 bridgehead atoms. The van der Waals surface area contributed by atoms with E-state index in [-0.39, 0.29) is 0 Å². The van der Waals surface area contributed by atoms with E-state index in [9.17, 15) is 8.42 Å². The number of fused-ring (bicyclic) bond motifs is 3. The highest BCUT2D eigenvalue weighted by atomic mass is 32.2. The maximum absolute atomic E-state index is 13.1. The Bertz CT molecular complexity index is 1130. The number of benzene rings is 1.